The van der Waals surface area contributed by atoms with Gasteiger partial charge in [-0.1, -0.05) is 216 Å². The summed E-state index contributed by atoms with van der Waals surface area (Å²) in [5, 5.41) is 3.51. The van der Waals surface area contributed by atoms with Crippen LogP contribution in [0.1, 0.15) is 130 Å². The van der Waals surface area contributed by atoms with Crippen molar-refractivity contribution in [2.24, 2.45) is 0 Å². The smallest absolute Gasteiger partial charge is 0.407 e. The predicted octanol–water partition coefficient (Wildman–Crippen LogP) is 13.6. The van der Waals surface area contributed by atoms with E-state index in [1.807, 2.05) is 84.9 Å². The van der Waals surface area contributed by atoms with E-state index in [4.69, 9.17) is 21.1 Å². The van der Waals surface area contributed by atoms with Crippen molar-refractivity contribution in [2.75, 3.05) is 13.2 Å². The molecule has 1 N–H and O–H groups in total. The number of alkyl carbamates (subject to hydrolysis) is 1. The van der Waals surface area contributed by atoms with Crippen molar-refractivity contribution in [3.8, 4) is 11.1 Å². The minimum atomic E-state index is -1.13. The standard InChI is InChI=1S/C51H58ClNO4/c52-48-36-25-24-35-47(48)51(40-27-15-13-16-28-40,41-29-17-14-18-30-41)57-49(54)37-19-11-9-7-5-3-1-2-4-6-8-10-12-26-38-53-50(55)56-39-46-44-33-22-20-31-42(44)43-32-21-23-34-45(43)46/h13-18,20-25,27-36,46H,1-12,19,26,37-39H2,(H,53,55). The molecule has 0 saturated heterocycles. The molecule has 0 heterocycles. The highest BCUT2D eigenvalue weighted by molar-refractivity contribution is 6.31. The first-order chi connectivity index (χ1) is 28.1. The van der Waals surface area contributed by atoms with Gasteiger partial charge in [0.1, 0.15) is 6.61 Å². The maximum atomic E-state index is 13.5. The van der Waals surface area contributed by atoms with E-state index in [-0.39, 0.29) is 18.0 Å². The quantitative estimate of drug-likeness (QED) is 0.0407. The first-order valence-corrected chi connectivity index (χ1v) is 21.6. The number of hydrogen-bond donors (Lipinski definition) is 1. The number of nitrogens with one attached hydrogen (secondary N) is 1. The van der Waals surface area contributed by atoms with Gasteiger partial charge in [-0.25, -0.2) is 4.79 Å². The van der Waals surface area contributed by atoms with Gasteiger partial charge >= 0.3 is 12.1 Å². The lowest BCUT2D eigenvalue weighted by Crippen LogP contribution is -2.35. The number of carbonyl (C=O) groups excluding carboxylic acids is 2. The summed E-state index contributed by atoms with van der Waals surface area (Å²) in [5.74, 6) is -0.124. The van der Waals surface area contributed by atoms with Gasteiger partial charge in [-0.2, -0.15) is 0 Å². The van der Waals surface area contributed by atoms with Crippen LogP contribution in [-0.4, -0.2) is 25.2 Å². The van der Waals surface area contributed by atoms with E-state index in [1.165, 1.54) is 80.0 Å². The Labute approximate surface area is 345 Å². The number of unbranched alkanes of at least 4 members (excludes halogenated alkanes) is 13. The third kappa shape index (κ3) is 11.4. The second kappa shape index (κ2) is 22.2. The van der Waals surface area contributed by atoms with Crippen molar-refractivity contribution in [1.82, 2.24) is 5.32 Å². The molecule has 0 aliphatic heterocycles. The van der Waals surface area contributed by atoms with Crippen LogP contribution in [0.2, 0.25) is 5.02 Å². The molecule has 57 heavy (non-hydrogen) atoms. The Hall–Kier alpha value is -4.87. The maximum Gasteiger partial charge on any atom is 0.407 e. The first-order valence-electron chi connectivity index (χ1n) is 21.2. The van der Waals surface area contributed by atoms with Gasteiger partial charge in [0.2, 0.25) is 0 Å². The van der Waals surface area contributed by atoms with Gasteiger partial charge in [-0.15, -0.1) is 0 Å². The van der Waals surface area contributed by atoms with Crippen LogP contribution in [-0.2, 0) is 19.9 Å². The summed E-state index contributed by atoms with van der Waals surface area (Å²) < 4.78 is 12.2. The molecule has 6 heteroatoms. The fourth-order valence-corrected chi connectivity index (χ4v) is 8.59. The topological polar surface area (TPSA) is 64.6 Å². The summed E-state index contributed by atoms with van der Waals surface area (Å²) in [4.78, 5) is 25.9. The summed E-state index contributed by atoms with van der Waals surface area (Å²) in [7, 11) is 0. The minimum Gasteiger partial charge on any atom is -0.449 e. The summed E-state index contributed by atoms with van der Waals surface area (Å²) in [5.41, 5.74) is 6.31. The number of benzene rings is 5. The number of hydrogen-bond acceptors (Lipinski definition) is 4. The van der Waals surface area contributed by atoms with Gasteiger partial charge in [0.25, 0.3) is 0 Å². The molecule has 5 aromatic rings. The highest BCUT2D eigenvalue weighted by Gasteiger charge is 2.42. The molecule has 0 fully saturated rings. The van der Waals surface area contributed by atoms with Crippen LogP contribution in [0.5, 0.6) is 0 Å². The first kappa shape index (κ1) is 41.8. The summed E-state index contributed by atoms with van der Waals surface area (Å²) in [6.07, 6.45) is 16.5. The lowest BCUT2D eigenvalue weighted by atomic mass is 9.80. The molecule has 5 nitrogen and oxygen atoms in total. The molecule has 0 aromatic heterocycles. The molecule has 1 aliphatic rings. The van der Waals surface area contributed by atoms with Crippen LogP contribution in [0.25, 0.3) is 11.1 Å². The third-order valence-corrected chi connectivity index (χ3v) is 11.6. The Morgan fingerprint density at radius 3 is 1.49 bits per heavy atom. The zero-order valence-corrected chi connectivity index (χ0v) is 34.1. The van der Waals surface area contributed by atoms with Crippen molar-refractivity contribution in [3.63, 3.8) is 0 Å². The van der Waals surface area contributed by atoms with Crippen LogP contribution in [0, 0.1) is 0 Å². The molecule has 6 rings (SSSR count). The van der Waals surface area contributed by atoms with Crippen molar-refractivity contribution < 1.29 is 19.1 Å². The van der Waals surface area contributed by atoms with Crippen molar-refractivity contribution in [3.05, 3.63) is 166 Å². The molecule has 0 atom stereocenters. The highest BCUT2D eigenvalue weighted by atomic mass is 35.5. The predicted molar refractivity (Wildman–Crippen MR) is 233 cm³/mol. The molecule has 1 amide bonds. The van der Waals surface area contributed by atoms with Gasteiger partial charge < -0.3 is 14.8 Å². The van der Waals surface area contributed by atoms with Gasteiger partial charge in [0.15, 0.2) is 5.60 Å². The van der Waals surface area contributed by atoms with Crippen molar-refractivity contribution in [1.29, 1.82) is 0 Å². The monoisotopic (exact) mass is 783 g/mol. The van der Waals surface area contributed by atoms with Gasteiger partial charge in [0.05, 0.1) is 0 Å². The zero-order chi connectivity index (χ0) is 39.5. The second-order valence-corrected chi connectivity index (χ2v) is 15.7. The number of rotatable bonds is 23. The van der Waals surface area contributed by atoms with Crippen LogP contribution in [0.4, 0.5) is 4.79 Å². The molecule has 0 unspecified atom stereocenters. The van der Waals surface area contributed by atoms with Gasteiger partial charge in [-0.3, -0.25) is 4.79 Å². The van der Waals surface area contributed by atoms with Crippen LogP contribution < -0.4 is 5.32 Å². The Morgan fingerprint density at radius 1 is 0.526 bits per heavy atom. The van der Waals surface area contributed by atoms with Gasteiger partial charge in [0, 0.05) is 40.6 Å². The SMILES string of the molecule is O=C(CCCCCCCCCCCCCCCCNC(=O)OCC1c2ccccc2-c2ccccc21)OC(c1ccccc1)(c1ccccc1)c1ccccc1Cl. The van der Waals surface area contributed by atoms with Crippen LogP contribution >= 0.6 is 11.6 Å². The second-order valence-electron chi connectivity index (χ2n) is 15.3. The van der Waals surface area contributed by atoms with E-state index in [2.05, 4.69) is 53.8 Å². The molecule has 0 radical (unpaired) electrons. The normalized spacial score (nSPS) is 12.2. The maximum absolute atomic E-state index is 13.5. The largest absolute Gasteiger partial charge is 0.449 e. The number of amides is 1. The molecule has 1 aliphatic carbocycles. The van der Waals surface area contributed by atoms with Crippen molar-refractivity contribution in [2.45, 2.75) is 108 Å². The summed E-state index contributed by atoms with van der Waals surface area (Å²) >= 11 is 6.78. The van der Waals surface area contributed by atoms with E-state index in [0.717, 1.165) is 48.8 Å². The van der Waals surface area contributed by atoms with Gasteiger partial charge in [-0.05, 0) is 41.2 Å². The Bertz CT molecular complexity index is 1900. The number of halogens is 1. The fraction of sp³-hybridized carbons (Fsp3) is 0.373. The average molecular weight is 784 g/mol. The van der Waals surface area contributed by atoms with E-state index in [1.54, 1.807) is 0 Å². The lowest BCUT2D eigenvalue weighted by Gasteiger charge is -2.36. The third-order valence-electron chi connectivity index (χ3n) is 11.3. The van der Waals surface area contributed by atoms with E-state index in [0.29, 0.717) is 24.6 Å². The molecule has 5 aromatic carbocycles. The highest BCUT2D eigenvalue weighted by Crippen LogP contribution is 2.45. The number of fused-ring (bicyclic) bond motifs is 3. The molecule has 0 bridgehead atoms. The summed E-state index contributed by atoms with van der Waals surface area (Å²) in [6.45, 7) is 1.02. The fourth-order valence-electron chi connectivity index (χ4n) is 8.32. The Balaban J connectivity index is 0.776. The van der Waals surface area contributed by atoms with Crippen LogP contribution in [0.15, 0.2) is 133 Å². The summed E-state index contributed by atoms with van der Waals surface area (Å²) in [6, 6.07) is 44.3. The van der Waals surface area contributed by atoms with E-state index < -0.39 is 5.60 Å². The number of esters is 1. The van der Waals surface area contributed by atoms with Crippen LogP contribution in [0.3, 0.4) is 0 Å². The Kier molecular flexibility index (Phi) is 16.2. The average Bonchev–Trinajstić information content (AvgIpc) is 3.57. The van der Waals surface area contributed by atoms with Crippen molar-refractivity contribution >= 4 is 23.7 Å². The van der Waals surface area contributed by atoms with E-state index in [9.17, 15) is 9.59 Å². The molecule has 298 valence electrons. The molecular weight excluding hydrogens is 726 g/mol. The molecular formula is C51H58ClNO4. The zero-order valence-electron chi connectivity index (χ0n) is 33.3. The Morgan fingerprint density at radius 2 is 0.965 bits per heavy atom. The molecule has 0 spiro atoms. The lowest BCUT2D eigenvalue weighted by molar-refractivity contribution is -0.153. The molecule has 0 saturated carbocycles. The minimum absolute atomic E-state index is 0.0912. The van der Waals surface area contributed by atoms with E-state index >= 15 is 0 Å². The number of ether oxygens (including phenoxy) is 2. The number of carbonyl (C=O) groups is 2.